The van der Waals surface area contributed by atoms with Crippen LogP contribution < -0.4 is 9.64 Å². The Hall–Kier alpha value is -3.17. The zero-order valence-corrected chi connectivity index (χ0v) is 17.7. The molecule has 1 unspecified atom stereocenters. The van der Waals surface area contributed by atoms with Gasteiger partial charge in [0.1, 0.15) is 11.5 Å². The maximum atomic E-state index is 13.0. The number of aliphatic hydroxyl groups is 1. The van der Waals surface area contributed by atoms with Crippen molar-refractivity contribution in [2.75, 3.05) is 18.3 Å². The number of Topliss-reactive ketones (excluding diaryl/α,β-unsaturated/α-hetero) is 1. The first-order valence-corrected chi connectivity index (χ1v) is 11.0. The van der Waals surface area contributed by atoms with Crippen LogP contribution in [0.1, 0.15) is 17.2 Å². The quantitative estimate of drug-likeness (QED) is 0.212. The van der Waals surface area contributed by atoms with Crippen molar-refractivity contribution in [3.63, 3.8) is 0 Å². The minimum Gasteiger partial charge on any atom is -0.507 e. The number of anilines is 1. The van der Waals surface area contributed by atoms with Crippen LogP contribution in [-0.4, -0.2) is 40.4 Å². The van der Waals surface area contributed by atoms with Crippen molar-refractivity contribution in [3.05, 3.63) is 71.3 Å². The summed E-state index contributed by atoms with van der Waals surface area (Å²) < 4.78 is 5.88. The number of methoxy groups -OCH3 is 1. The first-order chi connectivity index (χ1) is 14.5. The molecule has 2 heterocycles. The van der Waals surface area contributed by atoms with E-state index in [4.69, 9.17) is 4.74 Å². The van der Waals surface area contributed by atoms with Crippen LogP contribution >= 0.6 is 23.1 Å². The van der Waals surface area contributed by atoms with Crippen LogP contribution in [-0.2, 0) is 9.59 Å². The summed E-state index contributed by atoms with van der Waals surface area (Å²) >= 11 is 2.62. The number of ketones is 1. The number of ether oxygens (including phenoxy) is 1. The van der Waals surface area contributed by atoms with E-state index in [1.54, 1.807) is 55.6 Å². The molecule has 0 spiro atoms. The molecular formula is C21H17N3O4S2. The van der Waals surface area contributed by atoms with Gasteiger partial charge in [0, 0.05) is 5.56 Å². The van der Waals surface area contributed by atoms with Gasteiger partial charge in [-0.05, 0) is 24.0 Å². The monoisotopic (exact) mass is 439 g/mol. The third-order valence-electron chi connectivity index (χ3n) is 4.70. The molecular weight excluding hydrogens is 422 g/mol. The van der Waals surface area contributed by atoms with Gasteiger partial charge in [-0.3, -0.25) is 14.5 Å². The highest BCUT2D eigenvalue weighted by molar-refractivity contribution is 8.00. The van der Waals surface area contributed by atoms with E-state index in [1.165, 1.54) is 28.0 Å². The molecule has 1 saturated heterocycles. The van der Waals surface area contributed by atoms with E-state index in [1.807, 2.05) is 12.3 Å². The zero-order valence-electron chi connectivity index (χ0n) is 16.1. The highest BCUT2D eigenvalue weighted by Gasteiger charge is 2.48. The van der Waals surface area contributed by atoms with Gasteiger partial charge in [-0.25, -0.2) is 0 Å². The summed E-state index contributed by atoms with van der Waals surface area (Å²) in [6, 6.07) is 14.9. The Kier molecular flexibility index (Phi) is 5.56. The first kappa shape index (κ1) is 20.1. The number of nitrogens with zero attached hydrogens (tertiary/aromatic N) is 3. The van der Waals surface area contributed by atoms with Crippen LogP contribution in [0.4, 0.5) is 5.13 Å². The lowest BCUT2D eigenvalue weighted by Gasteiger charge is -2.22. The average Bonchev–Trinajstić information content (AvgIpc) is 3.36. The maximum Gasteiger partial charge on any atom is 0.301 e. The Balaban J connectivity index is 1.91. The second-order valence-electron chi connectivity index (χ2n) is 6.36. The Morgan fingerprint density at radius 2 is 1.80 bits per heavy atom. The number of aromatic nitrogens is 2. The molecule has 1 aromatic heterocycles. The summed E-state index contributed by atoms with van der Waals surface area (Å²) in [6.07, 6.45) is 1.86. The third kappa shape index (κ3) is 3.46. The number of benzene rings is 2. The largest absolute Gasteiger partial charge is 0.507 e. The second kappa shape index (κ2) is 8.29. The summed E-state index contributed by atoms with van der Waals surface area (Å²) in [4.78, 5) is 27.3. The minimum absolute atomic E-state index is 0.0114. The highest BCUT2D eigenvalue weighted by Crippen LogP contribution is 2.43. The predicted molar refractivity (Wildman–Crippen MR) is 116 cm³/mol. The highest BCUT2D eigenvalue weighted by atomic mass is 32.2. The number of carbonyl (C=O) groups is 2. The molecule has 0 aliphatic carbocycles. The predicted octanol–water partition coefficient (Wildman–Crippen LogP) is 3.89. The van der Waals surface area contributed by atoms with Gasteiger partial charge >= 0.3 is 5.91 Å². The van der Waals surface area contributed by atoms with Crippen LogP contribution in [0.2, 0.25) is 0 Å². The van der Waals surface area contributed by atoms with Gasteiger partial charge in [0.2, 0.25) is 5.13 Å². The Bertz CT molecular complexity index is 1130. The standard InChI is InChI=1S/C21H17N3O4S2/c1-28-14-10-8-12(9-11-14)16-15(17(25)13-6-4-3-5-7-13)18(26)19(27)24(16)20-22-23-21(29-2)30-20/h3-11,16,25H,1-2H3/b17-15-. The molecule has 1 atom stereocenters. The Labute approximate surface area is 181 Å². The molecule has 7 nitrogen and oxygen atoms in total. The van der Waals surface area contributed by atoms with Gasteiger partial charge < -0.3 is 9.84 Å². The summed E-state index contributed by atoms with van der Waals surface area (Å²) in [5.41, 5.74) is 1.11. The lowest BCUT2D eigenvalue weighted by atomic mass is 9.95. The lowest BCUT2D eigenvalue weighted by Crippen LogP contribution is -2.29. The number of rotatable bonds is 5. The fourth-order valence-electron chi connectivity index (χ4n) is 3.27. The Morgan fingerprint density at radius 3 is 2.40 bits per heavy atom. The van der Waals surface area contributed by atoms with E-state index in [2.05, 4.69) is 10.2 Å². The Morgan fingerprint density at radius 1 is 1.10 bits per heavy atom. The van der Waals surface area contributed by atoms with Crippen molar-refractivity contribution in [2.24, 2.45) is 0 Å². The van der Waals surface area contributed by atoms with Crippen molar-refractivity contribution >= 4 is 45.7 Å². The summed E-state index contributed by atoms with van der Waals surface area (Å²) in [5, 5.41) is 19.4. The number of aliphatic hydroxyl groups excluding tert-OH is 1. The maximum absolute atomic E-state index is 13.0. The second-order valence-corrected chi connectivity index (χ2v) is 8.37. The van der Waals surface area contributed by atoms with Crippen molar-refractivity contribution in [1.82, 2.24) is 10.2 Å². The lowest BCUT2D eigenvalue weighted by molar-refractivity contribution is -0.132. The number of hydrogen-bond donors (Lipinski definition) is 1. The average molecular weight is 440 g/mol. The van der Waals surface area contributed by atoms with E-state index >= 15 is 0 Å². The normalized spacial score (nSPS) is 18.1. The van der Waals surface area contributed by atoms with E-state index in [9.17, 15) is 14.7 Å². The first-order valence-electron chi connectivity index (χ1n) is 8.93. The van der Waals surface area contributed by atoms with Gasteiger partial charge in [0.05, 0.1) is 18.7 Å². The minimum atomic E-state index is -0.834. The number of hydrogen-bond acceptors (Lipinski definition) is 8. The summed E-state index contributed by atoms with van der Waals surface area (Å²) in [5.74, 6) is -1.11. The molecule has 4 rings (SSSR count). The molecule has 0 saturated carbocycles. The van der Waals surface area contributed by atoms with Gasteiger partial charge in [-0.1, -0.05) is 65.6 Å². The van der Waals surface area contributed by atoms with Crippen LogP contribution in [0.15, 0.2) is 64.5 Å². The fourth-order valence-corrected chi connectivity index (χ4v) is 4.55. The van der Waals surface area contributed by atoms with Crippen LogP contribution in [0.3, 0.4) is 0 Å². The number of amides is 1. The molecule has 1 N–H and O–H groups in total. The third-order valence-corrected chi connectivity index (χ3v) is 6.60. The molecule has 1 aliphatic heterocycles. The molecule has 30 heavy (non-hydrogen) atoms. The van der Waals surface area contributed by atoms with Crippen LogP contribution in [0.25, 0.3) is 5.76 Å². The molecule has 1 fully saturated rings. The van der Waals surface area contributed by atoms with E-state index in [0.29, 0.717) is 26.3 Å². The van der Waals surface area contributed by atoms with Crippen LogP contribution in [0, 0.1) is 0 Å². The van der Waals surface area contributed by atoms with Crippen molar-refractivity contribution in [3.8, 4) is 5.75 Å². The van der Waals surface area contributed by atoms with Gasteiger partial charge in [-0.15, -0.1) is 10.2 Å². The molecule has 152 valence electrons. The fraction of sp³-hybridized carbons (Fsp3) is 0.143. The molecule has 2 aromatic carbocycles. The number of carbonyl (C=O) groups excluding carboxylic acids is 2. The summed E-state index contributed by atoms with van der Waals surface area (Å²) in [6.45, 7) is 0. The molecule has 3 aromatic rings. The molecule has 0 bridgehead atoms. The van der Waals surface area contributed by atoms with Gasteiger partial charge in [-0.2, -0.15) is 0 Å². The topological polar surface area (TPSA) is 92.6 Å². The van der Waals surface area contributed by atoms with Crippen LogP contribution in [0.5, 0.6) is 5.75 Å². The molecule has 9 heteroatoms. The summed E-state index contributed by atoms with van der Waals surface area (Å²) in [7, 11) is 1.56. The van der Waals surface area contributed by atoms with Gasteiger partial charge in [0.25, 0.3) is 5.78 Å². The van der Waals surface area contributed by atoms with Crippen molar-refractivity contribution in [2.45, 2.75) is 10.4 Å². The zero-order chi connectivity index (χ0) is 21.3. The molecule has 0 radical (unpaired) electrons. The SMILES string of the molecule is COc1ccc(C2/C(=C(/O)c3ccccc3)C(=O)C(=O)N2c2nnc(SC)s2)cc1. The smallest absolute Gasteiger partial charge is 0.301 e. The number of thioether (sulfide) groups is 1. The molecule has 1 amide bonds. The van der Waals surface area contributed by atoms with E-state index < -0.39 is 17.7 Å². The molecule has 1 aliphatic rings. The van der Waals surface area contributed by atoms with Gasteiger partial charge in [0.15, 0.2) is 4.34 Å². The van der Waals surface area contributed by atoms with Crippen molar-refractivity contribution < 1.29 is 19.4 Å². The van der Waals surface area contributed by atoms with E-state index in [0.717, 1.165) is 0 Å². The van der Waals surface area contributed by atoms with Crippen molar-refractivity contribution in [1.29, 1.82) is 0 Å². The van der Waals surface area contributed by atoms with E-state index in [-0.39, 0.29) is 11.3 Å².